The van der Waals surface area contributed by atoms with Crippen molar-refractivity contribution in [2.75, 3.05) is 0 Å². The van der Waals surface area contributed by atoms with E-state index >= 15 is 0 Å². The number of nitrogens with zero attached hydrogens (tertiary/aromatic N) is 1. The summed E-state index contributed by atoms with van der Waals surface area (Å²) in [5, 5.41) is 5.78. The maximum absolute atomic E-state index is 12.7. The maximum Gasteiger partial charge on any atom is 0.251 e. The summed E-state index contributed by atoms with van der Waals surface area (Å²) in [4.78, 5) is 16.2. The second-order valence-corrected chi connectivity index (χ2v) is 5.41. The van der Waals surface area contributed by atoms with E-state index in [1.165, 1.54) is 24.3 Å². The third kappa shape index (κ3) is 3.61. The highest BCUT2D eigenvalue weighted by Crippen LogP contribution is 2.19. The third-order valence-corrected chi connectivity index (χ3v) is 3.79. The molecule has 0 aliphatic rings. The lowest BCUT2D eigenvalue weighted by Crippen LogP contribution is -2.22. The van der Waals surface area contributed by atoms with Crippen molar-refractivity contribution in [3.63, 3.8) is 0 Å². The molecule has 0 bridgehead atoms. The number of amides is 1. The van der Waals surface area contributed by atoms with Gasteiger partial charge in [0.05, 0.1) is 17.2 Å². The number of hydrogen-bond donors (Lipinski definition) is 1. The zero-order chi connectivity index (χ0) is 13.8. The van der Waals surface area contributed by atoms with Gasteiger partial charge in [0.2, 0.25) is 0 Å². The number of carbonyl (C=O) groups is 1. The van der Waals surface area contributed by atoms with Gasteiger partial charge in [-0.15, -0.1) is 11.3 Å². The van der Waals surface area contributed by atoms with Crippen LogP contribution in [0.1, 0.15) is 40.8 Å². The van der Waals surface area contributed by atoms with Gasteiger partial charge in [0.25, 0.3) is 5.91 Å². The molecule has 100 valence electrons. The van der Waals surface area contributed by atoms with Crippen LogP contribution in [0.15, 0.2) is 29.6 Å². The molecular formula is C14H15FN2OS. The summed E-state index contributed by atoms with van der Waals surface area (Å²) in [5.74, 6) is -0.178. The molecule has 0 saturated carbocycles. The average molecular weight is 278 g/mol. The van der Waals surface area contributed by atoms with E-state index in [0.717, 1.165) is 10.7 Å². The Hall–Kier alpha value is -1.75. The number of hydrogen-bond acceptors (Lipinski definition) is 3. The van der Waals surface area contributed by atoms with E-state index in [2.05, 4.69) is 24.1 Å². The molecule has 0 fully saturated rings. The molecule has 3 nitrogen and oxygen atoms in total. The van der Waals surface area contributed by atoms with Crippen molar-refractivity contribution >= 4 is 17.2 Å². The fourth-order valence-corrected chi connectivity index (χ4v) is 2.38. The van der Waals surface area contributed by atoms with Crippen molar-refractivity contribution in [1.82, 2.24) is 10.3 Å². The van der Waals surface area contributed by atoms with Crippen LogP contribution < -0.4 is 5.32 Å². The molecule has 0 unspecified atom stereocenters. The lowest BCUT2D eigenvalue weighted by atomic mass is 10.2. The van der Waals surface area contributed by atoms with Crippen LogP contribution in [-0.2, 0) is 6.54 Å². The molecule has 19 heavy (non-hydrogen) atoms. The average Bonchev–Trinajstić information content (AvgIpc) is 2.86. The van der Waals surface area contributed by atoms with Crippen LogP contribution in [0.5, 0.6) is 0 Å². The van der Waals surface area contributed by atoms with Crippen molar-refractivity contribution < 1.29 is 9.18 Å². The van der Waals surface area contributed by atoms with Gasteiger partial charge in [-0.25, -0.2) is 9.37 Å². The molecule has 2 aromatic rings. The Morgan fingerprint density at radius 3 is 2.63 bits per heavy atom. The molecule has 0 aliphatic heterocycles. The van der Waals surface area contributed by atoms with E-state index in [0.29, 0.717) is 18.0 Å². The molecule has 1 N–H and O–H groups in total. The molecule has 0 radical (unpaired) electrons. The maximum atomic E-state index is 12.7. The standard InChI is InChI=1S/C14H15FN2OS/c1-9(2)14-17-12(8-19-14)7-16-13(18)10-3-5-11(15)6-4-10/h3-6,8-9H,7H2,1-2H3,(H,16,18). The van der Waals surface area contributed by atoms with E-state index in [9.17, 15) is 9.18 Å². The fraction of sp³-hybridized carbons (Fsp3) is 0.286. The SMILES string of the molecule is CC(C)c1nc(CNC(=O)c2ccc(F)cc2)cs1. The van der Waals surface area contributed by atoms with Crippen molar-refractivity contribution in [3.8, 4) is 0 Å². The van der Waals surface area contributed by atoms with Crippen LogP contribution in [-0.4, -0.2) is 10.9 Å². The minimum atomic E-state index is -0.349. The summed E-state index contributed by atoms with van der Waals surface area (Å²) in [6, 6.07) is 5.47. The van der Waals surface area contributed by atoms with Gasteiger partial charge in [-0.3, -0.25) is 4.79 Å². The molecule has 1 aromatic heterocycles. The summed E-state index contributed by atoms with van der Waals surface area (Å²) >= 11 is 1.60. The smallest absolute Gasteiger partial charge is 0.251 e. The van der Waals surface area contributed by atoms with Crippen molar-refractivity contribution in [2.24, 2.45) is 0 Å². The largest absolute Gasteiger partial charge is 0.346 e. The predicted molar refractivity (Wildman–Crippen MR) is 73.8 cm³/mol. The van der Waals surface area contributed by atoms with Gasteiger partial charge in [-0.05, 0) is 24.3 Å². The van der Waals surface area contributed by atoms with Crippen LogP contribution in [0.3, 0.4) is 0 Å². The third-order valence-electron chi connectivity index (χ3n) is 2.60. The number of aromatic nitrogens is 1. The Morgan fingerprint density at radius 1 is 1.37 bits per heavy atom. The lowest BCUT2D eigenvalue weighted by Gasteiger charge is -2.03. The molecule has 2 rings (SSSR count). The Morgan fingerprint density at radius 2 is 2.05 bits per heavy atom. The molecule has 0 saturated heterocycles. The lowest BCUT2D eigenvalue weighted by molar-refractivity contribution is 0.0950. The van der Waals surface area contributed by atoms with Crippen LogP contribution in [0.2, 0.25) is 0 Å². The van der Waals surface area contributed by atoms with Gasteiger partial charge in [0.1, 0.15) is 5.82 Å². The first-order valence-electron chi connectivity index (χ1n) is 6.04. The minimum Gasteiger partial charge on any atom is -0.346 e. The Bertz CT molecular complexity index is 563. The Labute approximate surface area is 115 Å². The van der Waals surface area contributed by atoms with E-state index in [1.807, 2.05) is 5.38 Å². The Kier molecular flexibility index (Phi) is 4.27. The van der Waals surface area contributed by atoms with Crippen molar-refractivity contribution in [1.29, 1.82) is 0 Å². The highest BCUT2D eigenvalue weighted by atomic mass is 32.1. The number of benzene rings is 1. The van der Waals surface area contributed by atoms with Gasteiger partial charge in [0, 0.05) is 16.9 Å². The molecule has 1 amide bonds. The second-order valence-electron chi connectivity index (χ2n) is 4.52. The quantitative estimate of drug-likeness (QED) is 0.932. The van der Waals surface area contributed by atoms with Gasteiger partial charge >= 0.3 is 0 Å². The van der Waals surface area contributed by atoms with Crippen LogP contribution in [0.4, 0.5) is 4.39 Å². The molecule has 0 atom stereocenters. The highest BCUT2D eigenvalue weighted by molar-refractivity contribution is 7.09. The second kappa shape index (κ2) is 5.93. The molecular weight excluding hydrogens is 263 g/mol. The van der Waals surface area contributed by atoms with Gasteiger partial charge < -0.3 is 5.32 Å². The molecule has 1 aromatic carbocycles. The first-order valence-corrected chi connectivity index (χ1v) is 6.92. The minimum absolute atomic E-state index is 0.223. The first kappa shape index (κ1) is 13.7. The number of nitrogens with one attached hydrogen (secondary N) is 1. The number of carbonyl (C=O) groups excluding carboxylic acids is 1. The van der Waals surface area contributed by atoms with Gasteiger partial charge in [-0.1, -0.05) is 13.8 Å². The zero-order valence-corrected chi connectivity index (χ0v) is 11.6. The van der Waals surface area contributed by atoms with E-state index in [4.69, 9.17) is 0 Å². The van der Waals surface area contributed by atoms with Crippen LogP contribution in [0.25, 0.3) is 0 Å². The van der Waals surface area contributed by atoms with Gasteiger partial charge in [-0.2, -0.15) is 0 Å². The fourth-order valence-electron chi connectivity index (χ4n) is 1.54. The predicted octanol–water partition coefficient (Wildman–Crippen LogP) is 3.34. The van der Waals surface area contributed by atoms with Gasteiger partial charge in [0.15, 0.2) is 0 Å². The van der Waals surface area contributed by atoms with Crippen LogP contribution >= 0.6 is 11.3 Å². The summed E-state index contributed by atoms with van der Waals surface area (Å²) in [6.45, 7) is 4.55. The molecule has 0 spiro atoms. The number of rotatable bonds is 4. The van der Waals surface area contributed by atoms with Crippen molar-refractivity contribution in [2.45, 2.75) is 26.3 Å². The summed E-state index contributed by atoms with van der Waals surface area (Å²) < 4.78 is 12.7. The summed E-state index contributed by atoms with van der Waals surface area (Å²) in [6.07, 6.45) is 0. The monoisotopic (exact) mass is 278 g/mol. The van der Waals surface area contributed by atoms with E-state index < -0.39 is 0 Å². The van der Waals surface area contributed by atoms with E-state index in [-0.39, 0.29) is 11.7 Å². The normalized spacial score (nSPS) is 10.7. The molecule has 5 heteroatoms. The van der Waals surface area contributed by atoms with E-state index in [1.54, 1.807) is 11.3 Å². The summed E-state index contributed by atoms with van der Waals surface area (Å²) in [5.41, 5.74) is 1.30. The van der Waals surface area contributed by atoms with Crippen molar-refractivity contribution in [3.05, 3.63) is 51.7 Å². The summed E-state index contributed by atoms with van der Waals surface area (Å²) in [7, 11) is 0. The highest BCUT2D eigenvalue weighted by Gasteiger charge is 2.08. The van der Waals surface area contributed by atoms with Crippen LogP contribution in [0, 0.1) is 5.82 Å². The molecule has 1 heterocycles. The Balaban J connectivity index is 1.94. The number of halogens is 1. The number of thiazole rings is 1. The topological polar surface area (TPSA) is 42.0 Å². The molecule has 0 aliphatic carbocycles. The zero-order valence-electron chi connectivity index (χ0n) is 10.8. The first-order chi connectivity index (χ1) is 9.06.